The van der Waals surface area contributed by atoms with Gasteiger partial charge in [-0.3, -0.25) is 0 Å². The summed E-state index contributed by atoms with van der Waals surface area (Å²) in [4.78, 5) is 2.10. The van der Waals surface area contributed by atoms with Gasteiger partial charge in [0, 0.05) is 37.9 Å². The molecule has 1 aromatic rings. The molecular weight excluding hydrogens is 288 g/mol. The fourth-order valence-electron chi connectivity index (χ4n) is 2.70. The van der Waals surface area contributed by atoms with E-state index in [9.17, 15) is 13.9 Å². The van der Waals surface area contributed by atoms with E-state index in [0.717, 1.165) is 38.6 Å². The van der Waals surface area contributed by atoms with Crippen molar-refractivity contribution in [3.63, 3.8) is 0 Å². The maximum Gasteiger partial charge on any atom is 0.131 e. The molecule has 1 N–H and O–H groups in total. The van der Waals surface area contributed by atoms with E-state index in [2.05, 4.69) is 18.7 Å². The van der Waals surface area contributed by atoms with Gasteiger partial charge in [-0.25, -0.2) is 8.78 Å². The van der Waals surface area contributed by atoms with E-state index in [1.54, 1.807) is 0 Å². The molecule has 5 heteroatoms. The first kappa shape index (κ1) is 17.3. The molecule has 3 nitrogen and oxygen atoms in total. The summed E-state index contributed by atoms with van der Waals surface area (Å²) in [6, 6.07) is 3.30. The number of hydrogen-bond acceptors (Lipinski definition) is 3. The highest BCUT2D eigenvalue weighted by molar-refractivity contribution is 5.21. The highest BCUT2D eigenvalue weighted by Gasteiger charge is 2.23. The van der Waals surface area contributed by atoms with Crippen LogP contribution in [0.1, 0.15) is 38.4 Å². The maximum absolute atomic E-state index is 13.7. The molecule has 22 heavy (non-hydrogen) atoms. The summed E-state index contributed by atoms with van der Waals surface area (Å²) in [7, 11) is 0. The van der Waals surface area contributed by atoms with Crippen molar-refractivity contribution < 1.29 is 18.6 Å². The molecule has 1 unspecified atom stereocenters. The Morgan fingerprint density at radius 2 is 1.95 bits per heavy atom. The number of β-amino-alcohol motifs (C(OH)–C–C–N with tert-alkyl or cyclic N) is 1. The van der Waals surface area contributed by atoms with Gasteiger partial charge in [-0.15, -0.1) is 0 Å². The first-order valence-electron chi connectivity index (χ1n) is 7.92. The van der Waals surface area contributed by atoms with Gasteiger partial charge >= 0.3 is 0 Å². The number of ether oxygens (including phenoxy) is 1. The first-order chi connectivity index (χ1) is 10.5. The SMILES string of the molecule is CC(C)COC1CCN(CC(O)c2ccc(F)cc2F)CC1. The fraction of sp³-hybridized carbons (Fsp3) is 0.647. The van der Waals surface area contributed by atoms with Crippen LogP contribution in [0.15, 0.2) is 18.2 Å². The van der Waals surface area contributed by atoms with Crippen molar-refractivity contribution >= 4 is 0 Å². The van der Waals surface area contributed by atoms with Crippen LogP contribution in [-0.2, 0) is 4.74 Å². The van der Waals surface area contributed by atoms with Crippen LogP contribution in [0.5, 0.6) is 0 Å². The average molecular weight is 313 g/mol. The number of piperidine rings is 1. The zero-order chi connectivity index (χ0) is 16.1. The van der Waals surface area contributed by atoms with Gasteiger partial charge in [0.2, 0.25) is 0 Å². The lowest BCUT2D eigenvalue weighted by atomic mass is 10.0. The lowest BCUT2D eigenvalue weighted by Gasteiger charge is -2.33. The third-order valence-corrected chi connectivity index (χ3v) is 3.95. The van der Waals surface area contributed by atoms with Gasteiger partial charge in [-0.2, -0.15) is 0 Å². The Labute approximate surface area is 130 Å². The Morgan fingerprint density at radius 3 is 2.55 bits per heavy atom. The Morgan fingerprint density at radius 1 is 1.27 bits per heavy atom. The van der Waals surface area contributed by atoms with Gasteiger partial charge in [0.1, 0.15) is 11.6 Å². The minimum Gasteiger partial charge on any atom is -0.387 e. The molecule has 124 valence electrons. The molecule has 0 spiro atoms. The molecule has 1 atom stereocenters. The predicted molar refractivity (Wildman–Crippen MR) is 81.6 cm³/mol. The largest absolute Gasteiger partial charge is 0.387 e. The van der Waals surface area contributed by atoms with E-state index >= 15 is 0 Å². The van der Waals surface area contributed by atoms with Crippen molar-refractivity contribution in [3.05, 3.63) is 35.4 Å². The molecule has 0 bridgehead atoms. The van der Waals surface area contributed by atoms with Crippen molar-refractivity contribution in [2.45, 2.75) is 38.9 Å². The van der Waals surface area contributed by atoms with Crippen molar-refractivity contribution in [2.24, 2.45) is 5.92 Å². The zero-order valence-electron chi connectivity index (χ0n) is 13.3. The molecule has 1 saturated heterocycles. The number of benzene rings is 1. The van der Waals surface area contributed by atoms with Crippen LogP contribution in [0.2, 0.25) is 0 Å². The van der Waals surface area contributed by atoms with Gasteiger partial charge in [0.05, 0.1) is 12.2 Å². The second-order valence-electron chi connectivity index (χ2n) is 6.41. The van der Waals surface area contributed by atoms with E-state index in [0.29, 0.717) is 12.5 Å². The quantitative estimate of drug-likeness (QED) is 0.876. The Bertz CT molecular complexity index is 474. The maximum atomic E-state index is 13.7. The number of hydrogen-bond donors (Lipinski definition) is 1. The van der Waals surface area contributed by atoms with Crippen LogP contribution < -0.4 is 0 Å². The van der Waals surface area contributed by atoms with Gasteiger partial charge in [-0.05, 0) is 24.8 Å². The van der Waals surface area contributed by atoms with Crippen molar-refractivity contribution in [2.75, 3.05) is 26.2 Å². The molecule has 1 heterocycles. The summed E-state index contributed by atoms with van der Waals surface area (Å²) in [5.41, 5.74) is 0.152. The predicted octanol–water partition coefficient (Wildman–Crippen LogP) is 3.14. The van der Waals surface area contributed by atoms with Crippen LogP contribution in [0.25, 0.3) is 0 Å². The Balaban J connectivity index is 1.80. The molecule has 1 aliphatic rings. The monoisotopic (exact) mass is 313 g/mol. The van der Waals surface area contributed by atoms with Crippen LogP contribution in [0.3, 0.4) is 0 Å². The van der Waals surface area contributed by atoms with Crippen LogP contribution in [0, 0.1) is 17.6 Å². The summed E-state index contributed by atoms with van der Waals surface area (Å²) in [6.07, 6.45) is 1.18. The molecule has 0 aromatic heterocycles. The summed E-state index contributed by atoms with van der Waals surface area (Å²) in [5, 5.41) is 10.2. The molecule has 0 amide bonds. The number of rotatable bonds is 6. The molecule has 2 rings (SSSR count). The van der Waals surface area contributed by atoms with Gasteiger partial charge in [0.15, 0.2) is 0 Å². The molecule has 1 fully saturated rings. The zero-order valence-corrected chi connectivity index (χ0v) is 13.3. The smallest absolute Gasteiger partial charge is 0.131 e. The van der Waals surface area contributed by atoms with Gasteiger partial charge in [0.25, 0.3) is 0 Å². The van der Waals surface area contributed by atoms with Crippen molar-refractivity contribution in [3.8, 4) is 0 Å². The highest BCUT2D eigenvalue weighted by Crippen LogP contribution is 2.22. The second-order valence-corrected chi connectivity index (χ2v) is 6.41. The number of aliphatic hydroxyl groups excluding tert-OH is 1. The minimum absolute atomic E-state index is 0.152. The van der Waals surface area contributed by atoms with E-state index in [1.807, 2.05) is 0 Å². The second kappa shape index (κ2) is 7.99. The number of nitrogens with zero attached hydrogens (tertiary/aromatic N) is 1. The summed E-state index contributed by atoms with van der Waals surface area (Å²) < 4.78 is 32.4. The van der Waals surface area contributed by atoms with Crippen molar-refractivity contribution in [1.82, 2.24) is 4.90 Å². The number of likely N-dealkylation sites (tertiary alicyclic amines) is 1. The van der Waals surface area contributed by atoms with Crippen LogP contribution in [-0.4, -0.2) is 42.4 Å². The standard InChI is InChI=1S/C17H25F2NO2/c1-12(2)11-22-14-5-7-20(8-6-14)10-17(21)15-4-3-13(18)9-16(15)19/h3-4,9,12,14,17,21H,5-8,10-11H2,1-2H3. The van der Waals surface area contributed by atoms with E-state index in [4.69, 9.17) is 4.74 Å². The third kappa shape index (κ3) is 5.00. The van der Waals surface area contributed by atoms with Gasteiger partial charge in [-0.1, -0.05) is 19.9 Å². The topological polar surface area (TPSA) is 32.7 Å². The van der Waals surface area contributed by atoms with Crippen molar-refractivity contribution in [1.29, 1.82) is 0 Å². The first-order valence-corrected chi connectivity index (χ1v) is 7.92. The number of aliphatic hydroxyl groups is 1. The molecule has 1 aromatic carbocycles. The number of halogens is 2. The molecule has 0 saturated carbocycles. The molecule has 0 radical (unpaired) electrons. The summed E-state index contributed by atoms with van der Waals surface area (Å²) in [5.74, 6) is -0.791. The lowest BCUT2D eigenvalue weighted by molar-refractivity contribution is -0.0126. The third-order valence-electron chi connectivity index (χ3n) is 3.95. The van der Waals surface area contributed by atoms with Crippen LogP contribution >= 0.6 is 0 Å². The highest BCUT2D eigenvalue weighted by atomic mass is 19.1. The molecular formula is C17H25F2NO2. The Hall–Kier alpha value is -1.04. The fourth-order valence-corrected chi connectivity index (χ4v) is 2.70. The lowest BCUT2D eigenvalue weighted by Crippen LogP contribution is -2.39. The normalized spacial score (nSPS) is 18.8. The minimum atomic E-state index is -0.936. The van der Waals surface area contributed by atoms with E-state index in [-0.39, 0.29) is 11.7 Å². The summed E-state index contributed by atoms with van der Waals surface area (Å²) >= 11 is 0. The Kier molecular flexibility index (Phi) is 6.29. The van der Waals surface area contributed by atoms with E-state index < -0.39 is 17.7 Å². The van der Waals surface area contributed by atoms with Gasteiger partial charge < -0.3 is 14.7 Å². The average Bonchev–Trinajstić information content (AvgIpc) is 2.46. The molecule has 0 aliphatic carbocycles. The van der Waals surface area contributed by atoms with Crippen LogP contribution in [0.4, 0.5) is 8.78 Å². The van der Waals surface area contributed by atoms with E-state index in [1.165, 1.54) is 12.1 Å². The molecule has 1 aliphatic heterocycles. The summed E-state index contributed by atoms with van der Waals surface area (Å²) in [6.45, 7) is 7.03.